The topological polar surface area (TPSA) is 53.5 Å². The summed E-state index contributed by atoms with van der Waals surface area (Å²) in [5.74, 6) is 0.691. The van der Waals surface area contributed by atoms with Crippen LogP contribution in [0.4, 0.5) is 0 Å². The zero-order valence-corrected chi connectivity index (χ0v) is 12.5. The van der Waals surface area contributed by atoms with Gasteiger partial charge >= 0.3 is 0 Å². The van der Waals surface area contributed by atoms with E-state index in [1.807, 2.05) is 6.92 Å². The monoisotopic (exact) mass is 268 g/mol. The molecule has 0 fully saturated rings. The molecule has 0 radical (unpaired) electrons. The van der Waals surface area contributed by atoms with Gasteiger partial charge < -0.3 is 14.2 Å². The molecule has 1 aromatic heterocycles. The van der Waals surface area contributed by atoms with Crippen LogP contribution < -0.4 is 0 Å². The van der Waals surface area contributed by atoms with Crippen molar-refractivity contribution >= 4 is 0 Å². The van der Waals surface area contributed by atoms with E-state index in [-0.39, 0.29) is 0 Å². The third-order valence-corrected chi connectivity index (χ3v) is 3.32. The van der Waals surface area contributed by atoms with Crippen LogP contribution in [0.25, 0.3) is 0 Å². The molecule has 0 aliphatic carbocycles. The molecule has 0 atom stereocenters. The lowest BCUT2D eigenvalue weighted by Crippen LogP contribution is -2.31. The first kappa shape index (κ1) is 16.0. The molecule has 19 heavy (non-hydrogen) atoms. The molecule has 1 heterocycles. The van der Waals surface area contributed by atoms with Gasteiger partial charge in [0.25, 0.3) is 0 Å². The summed E-state index contributed by atoms with van der Waals surface area (Å²) in [5, 5.41) is 0. The van der Waals surface area contributed by atoms with E-state index in [2.05, 4.69) is 23.8 Å². The average molecular weight is 268 g/mol. The lowest BCUT2D eigenvalue weighted by Gasteiger charge is -2.30. The highest BCUT2D eigenvalue weighted by Gasteiger charge is 2.32. The minimum Gasteiger partial charge on any atom is -0.367 e. The molecule has 1 aromatic rings. The van der Waals surface area contributed by atoms with Crippen molar-refractivity contribution in [3.63, 3.8) is 0 Å². The lowest BCUT2D eigenvalue weighted by molar-refractivity contribution is -0.109. The molecule has 0 amide bonds. The summed E-state index contributed by atoms with van der Waals surface area (Å²) in [6, 6.07) is 1.79. The fourth-order valence-corrected chi connectivity index (χ4v) is 2.17. The van der Waals surface area contributed by atoms with Crippen LogP contribution in [-0.2, 0) is 19.8 Å². The van der Waals surface area contributed by atoms with Crippen LogP contribution in [0.5, 0.6) is 0 Å². The van der Waals surface area contributed by atoms with E-state index in [0.717, 1.165) is 12.8 Å². The SMILES string of the molecule is CCOC(CC)(CC)c1nccc(C(OC)OC)n1. The molecule has 5 heteroatoms. The Morgan fingerprint density at radius 2 is 1.79 bits per heavy atom. The molecule has 108 valence electrons. The largest absolute Gasteiger partial charge is 0.367 e. The summed E-state index contributed by atoms with van der Waals surface area (Å²) in [5.41, 5.74) is 0.276. The number of methoxy groups -OCH3 is 2. The Morgan fingerprint density at radius 3 is 2.26 bits per heavy atom. The summed E-state index contributed by atoms with van der Waals surface area (Å²) in [6.07, 6.45) is 2.90. The summed E-state index contributed by atoms with van der Waals surface area (Å²) in [6.45, 7) is 6.78. The smallest absolute Gasteiger partial charge is 0.200 e. The Hall–Kier alpha value is -1.04. The van der Waals surface area contributed by atoms with Crippen molar-refractivity contribution in [1.29, 1.82) is 0 Å². The number of rotatable bonds is 8. The fraction of sp³-hybridized carbons (Fsp3) is 0.714. The Balaban J connectivity index is 3.14. The molecule has 0 unspecified atom stereocenters. The van der Waals surface area contributed by atoms with Gasteiger partial charge in [-0.2, -0.15) is 0 Å². The molecular weight excluding hydrogens is 244 g/mol. The molecule has 0 bridgehead atoms. The van der Waals surface area contributed by atoms with Crippen molar-refractivity contribution in [2.45, 2.75) is 45.5 Å². The molecule has 0 saturated carbocycles. The molecule has 1 rings (SSSR count). The second-order valence-corrected chi connectivity index (χ2v) is 4.24. The molecule has 0 spiro atoms. The van der Waals surface area contributed by atoms with Gasteiger partial charge in [-0.3, -0.25) is 0 Å². The molecule has 0 saturated heterocycles. The van der Waals surface area contributed by atoms with Gasteiger partial charge in [0.1, 0.15) is 11.3 Å². The number of hydrogen-bond acceptors (Lipinski definition) is 5. The Kier molecular flexibility index (Phi) is 6.34. The van der Waals surface area contributed by atoms with E-state index >= 15 is 0 Å². The maximum absolute atomic E-state index is 5.91. The summed E-state index contributed by atoms with van der Waals surface area (Å²) in [4.78, 5) is 8.94. The van der Waals surface area contributed by atoms with Crippen LogP contribution in [-0.4, -0.2) is 30.8 Å². The second kappa shape index (κ2) is 7.53. The minimum absolute atomic E-state index is 0.434. The molecule has 5 nitrogen and oxygen atoms in total. The van der Waals surface area contributed by atoms with E-state index in [4.69, 9.17) is 14.2 Å². The van der Waals surface area contributed by atoms with Gasteiger partial charge in [-0.05, 0) is 25.8 Å². The van der Waals surface area contributed by atoms with Gasteiger partial charge in [-0.15, -0.1) is 0 Å². The van der Waals surface area contributed by atoms with Gasteiger partial charge in [0.15, 0.2) is 5.82 Å². The number of hydrogen-bond donors (Lipinski definition) is 0. The van der Waals surface area contributed by atoms with Gasteiger partial charge in [0.2, 0.25) is 6.29 Å². The van der Waals surface area contributed by atoms with E-state index < -0.39 is 11.9 Å². The first-order valence-electron chi connectivity index (χ1n) is 6.70. The van der Waals surface area contributed by atoms with Gasteiger partial charge in [-0.1, -0.05) is 13.8 Å². The quantitative estimate of drug-likeness (QED) is 0.679. The minimum atomic E-state index is -0.477. The summed E-state index contributed by atoms with van der Waals surface area (Å²) < 4.78 is 16.4. The summed E-state index contributed by atoms with van der Waals surface area (Å²) in [7, 11) is 3.18. The van der Waals surface area contributed by atoms with Crippen LogP contribution in [0.15, 0.2) is 12.3 Å². The van der Waals surface area contributed by atoms with Gasteiger partial charge in [0, 0.05) is 27.0 Å². The number of ether oxygens (including phenoxy) is 3. The Bertz CT molecular complexity index is 377. The fourth-order valence-electron chi connectivity index (χ4n) is 2.17. The highest BCUT2D eigenvalue weighted by molar-refractivity contribution is 5.09. The van der Waals surface area contributed by atoms with Crippen LogP contribution in [0.1, 0.15) is 51.4 Å². The van der Waals surface area contributed by atoms with Crippen LogP contribution >= 0.6 is 0 Å². The van der Waals surface area contributed by atoms with Crippen molar-refractivity contribution in [1.82, 2.24) is 9.97 Å². The Labute approximate surface area is 115 Å². The van der Waals surface area contributed by atoms with Gasteiger partial charge in [-0.25, -0.2) is 9.97 Å². The highest BCUT2D eigenvalue weighted by atomic mass is 16.7. The number of aromatic nitrogens is 2. The van der Waals surface area contributed by atoms with Gasteiger partial charge in [0.05, 0.1) is 0 Å². The maximum atomic E-state index is 5.91. The van der Waals surface area contributed by atoms with Crippen molar-refractivity contribution in [2.24, 2.45) is 0 Å². The number of nitrogens with zero attached hydrogens (tertiary/aromatic N) is 2. The normalized spacial score (nSPS) is 12.1. The predicted molar refractivity (Wildman–Crippen MR) is 72.7 cm³/mol. The molecule has 0 aromatic carbocycles. The first-order valence-corrected chi connectivity index (χ1v) is 6.70. The highest BCUT2D eigenvalue weighted by Crippen LogP contribution is 2.31. The molecule has 0 aliphatic rings. The summed E-state index contributed by atoms with van der Waals surface area (Å²) >= 11 is 0. The van der Waals surface area contributed by atoms with Crippen molar-refractivity contribution in [2.75, 3.05) is 20.8 Å². The molecule has 0 N–H and O–H groups in total. The van der Waals surface area contributed by atoms with Crippen molar-refractivity contribution in [3.05, 3.63) is 23.8 Å². The van der Waals surface area contributed by atoms with E-state index in [0.29, 0.717) is 18.1 Å². The first-order chi connectivity index (χ1) is 9.17. The molecule has 0 aliphatic heterocycles. The standard InChI is InChI=1S/C14H24N2O3/c1-6-14(7-2,19-8-3)13-15-10-9-11(16-13)12(17-4)18-5/h9-10,12H,6-8H2,1-5H3. The van der Waals surface area contributed by atoms with Crippen molar-refractivity contribution < 1.29 is 14.2 Å². The van der Waals surface area contributed by atoms with Crippen LogP contribution in [0, 0.1) is 0 Å². The third kappa shape index (κ3) is 3.49. The van der Waals surface area contributed by atoms with Crippen LogP contribution in [0.3, 0.4) is 0 Å². The predicted octanol–water partition coefficient (Wildman–Crippen LogP) is 2.82. The van der Waals surface area contributed by atoms with Crippen molar-refractivity contribution in [3.8, 4) is 0 Å². The zero-order chi connectivity index (χ0) is 14.3. The zero-order valence-electron chi connectivity index (χ0n) is 12.5. The molecular formula is C14H24N2O3. The van der Waals surface area contributed by atoms with E-state index in [9.17, 15) is 0 Å². The average Bonchev–Trinajstić information content (AvgIpc) is 2.46. The Morgan fingerprint density at radius 1 is 1.16 bits per heavy atom. The second-order valence-electron chi connectivity index (χ2n) is 4.24. The third-order valence-electron chi connectivity index (χ3n) is 3.32. The maximum Gasteiger partial charge on any atom is 0.200 e. The van der Waals surface area contributed by atoms with E-state index in [1.165, 1.54) is 0 Å². The van der Waals surface area contributed by atoms with Crippen LogP contribution in [0.2, 0.25) is 0 Å². The van der Waals surface area contributed by atoms with E-state index in [1.54, 1.807) is 26.5 Å². The lowest BCUT2D eigenvalue weighted by atomic mass is 9.95.